The highest BCUT2D eigenvalue weighted by atomic mass is 16.2. The van der Waals surface area contributed by atoms with Crippen LogP contribution in [0.25, 0.3) is 0 Å². The maximum Gasteiger partial charge on any atom is 0.168 e. The van der Waals surface area contributed by atoms with E-state index in [0.29, 0.717) is 30.4 Å². The van der Waals surface area contributed by atoms with Crippen molar-refractivity contribution in [3.8, 4) is 0 Å². The van der Waals surface area contributed by atoms with Crippen molar-refractivity contribution >= 4 is 11.6 Å². The topological polar surface area (TPSA) is 46.2 Å². The van der Waals surface area contributed by atoms with Crippen molar-refractivity contribution in [2.75, 3.05) is 0 Å². The molecule has 0 amide bonds. The van der Waals surface area contributed by atoms with Gasteiger partial charge in [0.15, 0.2) is 11.6 Å². The maximum atomic E-state index is 12.2. The zero-order chi connectivity index (χ0) is 13.5. The first-order valence-electron chi connectivity index (χ1n) is 6.84. The summed E-state index contributed by atoms with van der Waals surface area (Å²) in [6.45, 7) is 8.27. The molecule has 1 aliphatic heterocycles. The van der Waals surface area contributed by atoms with Crippen LogP contribution in [0, 0.1) is 11.3 Å². The van der Waals surface area contributed by atoms with Gasteiger partial charge in [0.2, 0.25) is 0 Å². The maximum absolute atomic E-state index is 12.2. The van der Waals surface area contributed by atoms with Gasteiger partial charge >= 0.3 is 0 Å². The van der Waals surface area contributed by atoms with E-state index in [9.17, 15) is 9.59 Å². The largest absolute Gasteiger partial charge is 0.385 e. The minimum absolute atomic E-state index is 0.0278. The Kier molecular flexibility index (Phi) is 3.35. The van der Waals surface area contributed by atoms with E-state index in [1.807, 2.05) is 13.8 Å². The summed E-state index contributed by atoms with van der Waals surface area (Å²) in [5.74, 6) is 0.597. The van der Waals surface area contributed by atoms with Crippen LogP contribution in [0.3, 0.4) is 0 Å². The number of hydrogen-bond donors (Lipinski definition) is 1. The van der Waals surface area contributed by atoms with Crippen molar-refractivity contribution in [2.24, 2.45) is 11.3 Å². The van der Waals surface area contributed by atoms with Crippen LogP contribution in [0.15, 0.2) is 11.3 Å². The molecule has 2 aliphatic rings. The first-order chi connectivity index (χ1) is 8.28. The fourth-order valence-electron chi connectivity index (χ4n) is 3.23. The van der Waals surface area contributed by atoms with Crippen molar-refractivity contribution < 1.29 is 9.59 Å². The van der Waals surface area contributed by atoms with Crippen molar-refractivity contribution in [2.45, 2.75) is 59.4 Å². The van der Waals surface area contributed by atoms with E-state index in [0.717, 1.165) is 18.5 Å². The molecule has 0 aromatic rings. The number of Topliss-reactive ketones (excluding diaryl/α,β-unsaturated/α-hetero) is 2. The summed E-state index contributed by atoms with van der Waals surface area (Å²) >= 11 is 0. The second-order valence-electron chi connectivity index (χ2n) is 6.81. The molecule has 1 heterocycles. The minimum Gasteiger partial charge on any atom is -0.385 e. The molecule has 2 unspecified atom stereocenters. The molecule has 0 aromatic heterocycles. The predicted octanol–water partition coefficient (Wildman–Crippen LogP) is 2.61. The van der Waals surface area contributed by atoms with Gasteiger partial charge in [-0.3, -0.25) is 9.59 Å². The molecule has 1 aliphatic carbocycles. The number of allylic oxidation sites excluding steroid dienone is 2. The summed E-state index contributed by atoms with van der Waals surface area (Å²) in [4.78, 5) is 24.4. The molecule has 18 heavy (non-hydrogen) atoms. The second kappa shape index (κ2) is 4.52. The first-order valence-corrected chi connectivity index (χ1v) is 6.84. The number of ketones is 2. The monoisotopic (exact) mass is 249 g/mol. The number of carbonyl (C=O) groups is 2. The van der Waals surface area contributed by atoms with Gasteiger partial charge in [-0.15, -0.1) is 0 Å². The predicted molar refractivity (Wildman–Crippen MR) is 71.1 cm³/mol. The highest BCUT2D eigenvalue weighted by molar-refractivity contribution is 6.22. The Morgan fingerprint density at radius 1 is 1.11 bits per heavy atom. The number of rotatable bonds is 0. The van der Waals surface area contributed by atoms with E-state index in [2.05, 4.69) is 19.2 Å². The van der Waals surface area contributed by atoms with Crippen LogP contribution in [0.4, 0.5) is 0 Å². The average molecular weight is 249 g/mol. The molecule has 0 spiro atoms. The molecule has 2 rings (SSSR count). The van der Waals surface area contributed by atoms with Crippen LogP contribution in [0.2, 0.25) is 0 Å². The van der Waals surface area contributed by atoms with Crippen molar-refractivity contribution in [3.05, 3.63) is 11.3 Å². The van der Waals surface area contributed by atoms with Gasteiger partial charge < -0.3 is 5.32 Å². The molecule has 1 saturated carbocycles. The van der Waals surface area contributed by atoms with Crippen molar-refractivity contribution in [1.82, 2.24) is 5.32 Å². The van der Waals surface area contributed by atoms with E-state index in [1.165, 1.54) is 0 Å². The lowest BCUT2D eigenvalue weighted by atomic mass is 9.72. The van der Waals surface area contributed by atoms with Crippen LogP contribution >= 0.6 is 0 Å². The van der Waals surface area contributed by atoms with Crippen LogP contribution in [0.1, 0.15) is 53.4 Å². The Labute approximate surface area is 109 Å². The zero-order valence-corrected chi connectivity index (χ0v) is 11.8. The highest BCUT2D eigenvalue weighted by Gasteiger charge is 2.38. The number of hydrogen-bond acceptors (Lipinski definition) is 3. The van der Waals surface area contributed by atoms with E-state index in [1.54, 1.807) is 0 Å². The molecule has 1 saturated heterocycles. The van der Waals surface area contributed by atoms with E-state index in [-0.39, 0.29) is 17.0 Å². The lowest BCUT2D eigenvalue weighted by molar-refractivity contribution is -0.127. The third-order valence-electron chi connectivity index (χ3n) is 3.87. The lowest BCUT2D eigenvalue weighted by Crippen LogP contribution is -2.39. The summed E-state index contributed by atoms with van der Waals surface area (Å²) in [6.07, 6.45) is 2.91. The third kappa shape index (κ3) is 2.65. The van der Waals surface area contributed by atoms with E-state index in [4.69, 9.17) is 0 Å². The molecular weight excluding hydrogens is 226 g/mol. The van der Waals surface area contributed by atoms with Gasteiger partial charge in [0.05, 0.1) is 5.57 Å². The molecule has 3 nitrogen and oxygen atoms in total. The summed E-state index contributed by atoms with van der Waals surface area (Å²) in [5, 5.41) is 3.34. The molecule has 3 heteroatoms. The van der Waals surface area contributed by atoms with Gasteiger partial charge in [-0.05, 0) is 31.1 Å². The normalized spacial score (nSPS) is 32.4. The van der Waals surface area contributed by atoms with Crippen molar-refractivity contribution in [1.29, 1.82) is 0 Å². The van der Waals surface area contributed by atoms with Gasteiger partial charge in [-0.25, -0.2) is 0 Å². The summed E-state index contributed by atoms with van der Waals surface area (Å²) in [5.41, 5.74) is 1.18. The molecule has 2 atom stereocenters. The Balaban J connectivity index is 2.31. The summed E-state index contributed by atoms with van der Waals surface area (Å²) in [7, 11) is 0. The van der Waals surface area contributed by atoms with E-state index >= 15 is 0 Å². The van der Waals surface area contributed by atoms with Gasteiger partial charge in [-0.1, -0.05) is 20.8 Å². The first kappa shape index (κ1) is 13.3. The van der Waals surface area contributed by atoms with E-state index < -0.39 is 0 Å². The fraction of sp³-hybridized carbons (Fsp3) is 0.733. The standard InChI is InChI=1S/C15H23NO2/c1-9-5-10(2)16-11(6-9)14-12(17)7-15(3,4)8-13(14)18/h9-10,16H,5-8H2,1-4H3. The highest BCUT2D eigenvalue weighted by Crippen LogP contribution is 2.36. The number of piperidine rings is 1. The summed E-state index contributed by atoms with van der Waals surface area (Å²) < 4.78 is 0. The van der Waals surface area contributed by atoms with Crippen LogP contribution in [-0.4, -0.2) is 17.6 Å². The van der Waals surface area contributed by atoms with Crippen LogP contribution in [-0.2, 0) is 9.59 Å². The Morgan fingerprint density at radius 2 is 1.67 bits per heavy atom. The van der Waals surface area contributed by atoms with Gasteiger partial charge in [0, 0.05) is 24.6 Å². The Hall–Kier alpha value is -1.12. The number of carbonyl (C=O) groups excluding carboxylic acids is 2. The minimum atomic E-state index is -0.176. The smallest absolute Gasteiger partial charge is 0.168 e. The van der Waals surface area contributed by atoms with Gasteiger partial charge in [0.1, 0.15) is 0 Å². The molecule has 2 fully saturated rings. The lowest BCUT2D eigenvalue weighted by Gasteiger charge is -2.34. The molecule has 1 N–H and O–H groups in total. The zero-order valence-electron chi connectivity index (χ0n) is 11.8. The fourth-order valence-corrected chi connectivity index (χ4v) is 3.23. The third-order valence-corrected chi connectivity index (χ3v) is 3.87. The Morgan fingerprint density at radius 3 is 2.17 bits per heavy atom. The number of nitrogens with one attached hydrogen (secondary N) is 1. The quantitative estimate of drug-likeness (QED) is 0.530. The molecule has 0 bridgehead atoms. The summed E-state index contributed by atoms with van der Waals surface area (Å²) in [6, 6.07) is 0.354. The average Bonchev–Trinajstić information content (AvgIpc) is 2.11. The molecule has 100 valence electrons. The second-order valence-corrected chi connectivity index (χ2v) is 6.81. The molecule has 0 aromatic carbocycles. The SMILES string of the molecule is CC1CC(=C2C(=O)CC(C)(C)CC2=O)NC(C)C1. The van der Waals surface area contributed by atoms with Gasteiger partial charge in [-0.2, -0.15) is 0 Å². The Bertz CT molecular complexity index is 386. The van der Waals surface area contributed by atoms with Crippen LogP contribution in [0.5, 0.6) is 0 Å². The molecular formula is C15H23NO2. The van der Waals surface area contributed by atoms with Crippen molar-refractivity contribution in [3.63, 3.8) is 0 Å². The molecule has 0 radical (unpaired) electrons. The van der Waals surface area contributed by atoms with Crippen LogP contribution < -0.4 is 5.32 Å². The van der Waals surface area contributed by atoms with Gasteiger partial charge in [0.25, 0.3) is 0 Å².